The maximum atomic E-state index is 5.05. The number of nitrogens with one attached hydrogen (secondary N) is 1. The lowest BCUT2D eigenvalue weighted by molar-refractivity contribution is 0.186. The average Bonchev–Trinajstić information content (AvgIpc) is 2.72. The van der Waals surface area contributed by atoms with Gasteiger partial charge in [0.15, 0.2) is 0 Å². The van der Waals surface area contributed by atoms with Gasteiger partial charge in [-0.2, -0.15) is 0 Å². The monoisotopic (exact) mass is 198 g/mol. The van der Waals surface area contributed by atoms with Gasteiger partial charge in [0.2, 0.25) is 0 Å². The number of fused-ring (bicyclic) bond motifs is 1. The van der Waals surface area contributed by atoms with Gasteiger partial charge in [-0.05, 0) is 44.3 Å². The lowest BCUT2D eigenvalue weighted by atomic mass is 10.0. The predicted octanol–water partition coefficient (Wildman–Crippen LogP) is 0.564. The summed E-state index contributed by atoms with van der Waals surface area (Å²) in [5, 5.41) is 3.47. The fourth-order valence-electron chi connectivity index (χ4n) is 2.72. The summed E-state index contributed by atoms with van der Waals surface area (Å²) in [6.07, 6.45) is 2.50. The number of rotatable bonds is 5. The first kappa shape index (κ1) is 10.4. The van der Waals surface area contributed by atoms with Crippen LogP contribution in [0.25, 0.3) is 0 Å². The Morgan fingerprint density at radius 2 is 1.93 bits per heavy atom. The molecule has 0 radical (unpaired) electrons. The zero-order chi connectivity index (χ0) is 9.80. The molecule has 2 unspecified atom stereocenters. The molecule has 2 aliphatic heterocycles. The highest BCUT2D eigenvalue weighted by atomic mass is 16.5. The second-order valence-electron chi connectivity index (χ2n) is 4.64. The summed E-state index contributed by atoms with van der Waals surface area (Å²) in [4.78, 5) is 2.63. The quantitative estimate of drug-likeness (QED) is 0.653. The van der Waals surface area contributed by atoms with Crippen LogP contribution in [0.4, 0.5) is 0 Å². The van der Waals surface area contributed by atoms with Crippen molar-refractivity contribution in [1.82, 2.24) is 10.2 Å². The summed E-state index contributed by atoms with van der Waals surface area (Å²) in [5.74, 6) is 1.88. The molecule has 3 heteroatoms. The maximum Gasteiger partial charge on any atom is 0.0462 e. The largest absolute Gasteiger partial charge is 0.385 e. The van der Waals surface area contributed by atoms with Crippen molar-refractivity contribution >= 4 is 0 Å². The van der Waals surface area contributed by atoms with Gasteiger partial charge in [-0.15, -0.1) is 0 Å². The molecule has 1 N–H and O–H groups in total. The molecular formula is C11H22N2O. The standard InChI is InChI=1S/C11H22N2O/c1-14-5-3-2-4-13-8-10-6-12-7-11(10)9-13/h10-12H,2-9H2,1H3. The zero-order valence-electron chi connectivity index (χ0n) is 9.17. The highest BCUT2D eigenvalue weighted by molar-refractivity contribution is 4.90. The topological polar surface area (TPSA) is 24.5 Å². The highest BCUT2D eigenvalue weighted by Gasteiger charge is 2.35. The van der Waals surface area contributed by atoms with E-state index in [9.17, 15) is 0 Å². The predicted molar refractivity (Wildman–Crippen MR) is 57.4 cm³/mol. The van der Waals surface area contributed by atoms with E-state index in [2.05, 4.69) is 10.2 Å². The summed E-state index contributed by atoms with van der Waals surface area (Å²) in [6.45, 7) is 7.34. The number of hydrogen-bond acceptors (Lipinski definition) is 3. The minimum absolute atomic E-state index is 0.919. The Balaban J connectivity index is 1.60. The Hall–Kier alpha value is -0.120. The van der Waals surface area contributed by atoms with Gasteiger partial charge >= 0.3 is 0 Å². The van der Waals surface area contributed by atoms with Crippen molar-refractivity contribution in [2.45, 2.75) is 12.8 Å². The summed E-state index contributed by atoms with van der Waals surface area (Å²) in [6, 6.07) is 0. The normalized spacial score (nSPS) is 32.4. The Kier molecular flexibility index (Phi) is 3.79. The van der Waals surface area contributed by atoms with Crippen LogP contribution in [0.2, 0.25) is 0 Å². The average molecular weight is 198 g/mol. The molecule has 0 amide bonds. The number of nitrogens with zero attached hydrogens (tertiary/aromatic N) is 1. The molecule has 2 rings (SSSR count). The molecule has 0 aromatic rings. The highest BCUT2D eigenvalue weighted by Crippen LogP contribution is 2.26. The molecule has 0 bridgehead atoms. The zero-order valence-corrected chi connectivity index (χ0v) is 9.17. The maximum absolute atomic E-state index is 5.05. The number of likely N-dealkylation sites (tertiary alicyclic amines) is 1. The molecule has 3 nitrogen and oxygen atoms in total. The van der Waals surface area contributed by atoms with Crippen molar-refractivity contribution in [2.75, 3.05) is 46.4 Å². The van der Waals surface area contributed by atoms with Gasteiger partial charge in [-0.3, -0.25) is 0 Å². The van der Waals surface area contributed by atoms with Crippen LogP contribution in [0, 0.1) is 11.8 Å². The molecule has 0 aliphatic carbocycles. The van der Waals surface area contributed by atoms with Crippen LogP contribution in [-0.4, -0.2) is 51.3 Å². The second-order valence-corrected chi connectivity index (χ2v) is 4.64. The fourth-order valence-corrected chi connectivity index (χ4v) is 2.72. The molecule has 2 saturated heterocycles. The molecule has 0 aromatic carbocycles. The van der Waals surface area contributed by atoms with Crippen molar-refractivity contribution in [1.29, 1.82) is 0 Å². The molecule has 2 fully saturated rings. The Labute approximate surface area is 86.8 Å². The summed E-state index contributed by atoms with van der Waals surface area (Å²) in [5.41, 5.74) is 0. The van der Waals surface area contributed by atoms with Gasteiger partial charge in [-0.25, -0.2) is 0 Å². The van der Waals surface area contributed by atoms with Crippen LogP contribution in [-0.2, 0) is 4.74 Å². The van der Waals surface area contributed by atoms with Crippen LogP contribution < -0.4 is 5.32 Å². The van der Waals surface area contributed by atoms with Crippen molar-refractivity contribution in [3.05, 3.63) is 0 Å². The van der Waals surface area contributed by atoms with E-state index in [1.54, 1.807) is 7.11 Å². The van der Waals surface area contributed by atoms with Crippen LogP contribution in [0.1, 0.15) is 12.8 Å². The third-order valence-corrected chi connectivity index (χ3v) is 3.54. The van der Waals surface area contributed by atoms with E-state index in [1.165, 1.54) is 45.6 Å². The van der Waals surface area contributed by atoms with Gasteiger partial charge in [-0.1, -0.05) is 0 Å². The smallest absolute Gasteiger partial charge is 0.0462 e. The van der Waals surface area contributed by atoms with Crippen molar-refractivity contribution in [2.24, 2.45) is 11.8 Å². The summed E-state index contributed by atoms with van der Waals surface area (Å²) < 4.78 is 5.05. The molecule has 2 aliphatic rings. The Morgan fingerprint density at radius 3 is 2.57 bits per heavy atom. The van der Waals surface area contributed by atoms with E-state index in [0.29, 0.717) is 0 Å². The van der Waals surface area contributed by atoms with E-state index in [0.717, 1.165) is 18.4 Å². The SMILES string of the molecule is COCCCCN1CC2CNCC2C1. The molecule has 2 heterocycles. The second kappa shape index (κ2) is 5.10. The van der Waals surface area contributed by atoms with Gasteiger partial charge in [0.25, 0.3) is 0 Å². The molecule has 0 spiro atoms. The Bertz CT molecular complexity index is 163. The van der Waals surface area contributed by atoms with E-state index in [1.807, 2.05) is 0 Å². The van der Waals surface area contributed by atoms with Crippen molar-refractivity contribution in [3.63, 3.8) is 0 Å². The van der Waals surface area contributed by atoms with Crippen LogP contribution in [0.5, 0.6) is 0 Å². The molecule has 0 saturated carbocycles. The van der Waals surface area contributed by atoms with Gasteiger partial charge < -0.3 is 15.0 Å². The third-order valence-electron chi connectivity index (χ3n) is 3.54. The van der Waals surface area contributed by atoms with Gasteiger partial charge in [0.05, 0.1) is 0 Å². The minimum atomic E-state index is 0.919. The van der Waals surface area contributed by atoms with Crippen LogP contribution in [0.3, 0.4) is 0 Å². The third kappa shape index (κ3) is 2.47. The first-order valence-electron chi connectivity index (χ1n) is 5.82. The summed E-state index contributed by atoms with van der Waals surface area (Å²) in [7, 11) is 1.78. The lowest BCUT2D eigenvalue weighted by Crippen LogP contribution is -2.26. The van der Waals surface area contributed by atoms with E-state index < -0.39 is 0 Å². The lowest BCUT2D eigenvalue weighted by Gasteiger charge is -2.16. The van der Waals surface area contributed by atoms with E-state index in [4.69, 9.17) is 4.74 Å². The van der Waals surface area contributed by atoms with Gasteiger partial charge in [0, 0.05) is 26.8 Å². The number of unbranched alkanes of at least 4 members (excludes halogenated alkanes) is 1. The number of hydrogen-bond donors (Lipinski definition) is 1. The first-order chi connectivity index (χ1) is 6.90. The van der Waals surface area contributed by atoms with Crippen LogP contribution >= 0.6 is 0 Å². The van der Waals surface area contributed by atoms with Crippen molar-refractivity contribution < 1.29 is 4.74 Å². The Morgan fingerprint density at radius 1 is 1.21 bits per heavy atom. The molecule has 14 heavy (non-hydrogen) atoms. The molecule has 0 aromatic heterocycles. The molecule has 2 atom stereocenters. The van der Waals surface area contributed by atoms with E-state index in [-0.39, 0.29) is 0 Å². The van der Waals surface area contributed by atoms with Crippen molar-refractivity contribution in [3.8, 4) is 0 Å². The fraction of sp³-hybridized carbons (Fsp3) is 1.00. The summed E-state index contributed by atoms with van der Waals surface area (Å²) >= 11 is 0. The first-order valence-corrected chi connectivity index (χ1v) is 5.82. The number of ether oxygens (including phenoxy) is 1. The molecular weight excluding hydrogens is 176 g/mol. The van der Waals surface area contributed by atoms with Crippen LogP contribution in [0.15, 0.2) is 0 Å². The molecule has 82 valence electrons. The van der Waals surface area contributed by atoms with E-state index >= 15 is 0 Å². The minimum Gasteiger partial charge on any atom is -0.385 e. The van der Waals surface area contributed by atoms with Gasteiger partial charge in [0.1, 0.15) is 0 Å². The number of methoxy groups -OCH3 is 1.